The van der Waals surface area contributed by atoms with Gasteiger partial charge in [-0.15, -0.1) is 0 Å². The first-order valence-electron chi connectivity index (χ1n) is 19.6. The van der Waals surface area contributed by atoms with E-state index in [4.69, 9.17) is 9.47 Å². The van der Waals surface area contributed by atoms with Gasteiger partial charge in [0.25, 0.3) is 11.8 Å². The molecule has 2 aromatic heterocycles. The van der Waals surface area contributed by atoms with Crippen molar-refractivity contribution >= 4 is 64.2 Å². The van der Waals surface area contributed by atoms with Gasteiger partial charge in [0.05, 0.1) is 19.0 Å². The molecule has 0 radical (unpaired) electrons. The van der Waals surface area contributed by atoms with Crippen molar-refractivity contribution in [3.8, 4) is 0 Å². The fourth-order valence-electron chi connectivity index (χ4n) is 6.98. The molecule has 6 rings (SSSR count). The number of aromatic amines is 1. The Morgan fingerprint density at radius 1 is 1.02 bits per heavy atom. The highest BCUT2D eigenvalue weighted by Gasteiger charge is 2.47. The zero-order chi connectivity index (χ0) is 44.7. The number of fused-ring (bicyclic) bond motifs is 1. The lowest BCUT2D eigenvalue weighted by Crippen LogP contribution is -2.67. The minimum Gasteiger partial charge on any atom is -0.445 e. The molecule has 2 fully saturated rings. The molecular weight excluding hydrogens is 814 g/mol. The summed E-state index contributed by atoms with van der Waals surface area (Å²) >= 11 is 0. The highest BCUT2D eigenvalue weighted by molar-refractivity contribution is 6.13. The van der Waals surface area contributed by atoms with Crippen LogP contribution in [0.2, 0.25) is 0 Å². The number of imide groups is 1. The maximum atomic E-state index is 13.5. The number of benzene rings is 1. The van der Waals surface area contributed by atoms with Crippen LogP contribution in [0, 0.1) is 0 Å². The number of nitrogens with one attached hydrogen (secondary N) is 6. The molecule has 0 bridgehead atoms. The molecule has 0 spiro atoms. The number of rotatable bonds is 16. The van der Waals surface area contributed by atoms with Crippen LogP contribution in [0.5, 0.6) is 0 Å². The predicted octanol–water partition coefficient (Wildman–Crippen LogP) is -1.69. The monoisotopic (exact) mass is 861 g/mol. The molecule has 1 aromatic carbocycles. The Kier molecular flexibility index (Phi) is 14.2. The Balaban J connectivity index is 0.949. The number of H-pyrrole nitrogens is 1. The smallest absolute Gasteiger partial charge is 0.410 e. The number of imidazole rings is 1. The molecule has 330 valence electrons. The second-order valence-corrected chi connectivity index (χ2v) is 14.8. The fourth-order valence-corrected chi connectivity index (χ4v) is 6.98. The van der Waals surface area contributed by atoms with Crippen molar-refractivity contribution in [1.82, 2.24) is 45.7 Å². The first-order valence-corrected chi connectivity index (χ1v) is 19.6. The molecule has 62 heavy (non-hydrogen) atoms. The van der Waals surface area contributed by atoms with Gasteiger partial charge in [-0.3, -0.25) is 38.6 Å². The molecule has 3 aliphatic rings. The second-order valence-electron chi connectivity index (χ2n) is 14.8. The topological polar surface area (TPSA) is 320 Å². The van der Waals surface area contributed by atoms with E-state index in [9.17, 15) is 48.9 Å². The van der Waals surface area contributed by atoms with Gasteiger partial charge in [-0.2, -0.15) is 0 Å². The van der Waals surface area contributed by atoms with E-state index in [0.717, 1.165) is 17.1 Å². The Bertz CT molecular complexity index is 2210. The molecular formula is C39H47N11O12. The van der Waals surface area contributed by atoms with Gasteiger partial charge in [0, 0.05) is 37.3 Å². The number of hydrogen-bond acceptors (Lipinski definition) is 16. The normalized spacial score (nSPS) is 23.1. The average Bonchev–Trinajstić information content (AvgIpc) is 4.02. The van der Waals surface area contributed by atoms with Crippen LogP contribution in [0.25, 0.3) is 11.2 Å². The summed E-state index contributed by atoms with van der Waals surface area (Å²) in [7, 11) is 0. The molecule has 7 amide bonds. The summed E-state index contributed by atoms with van der Waals surface area (Å²) in [4.78, 5) is 106. The minimum absolute atomic E-state index is 0.174. The number of carbonyl (C=O) groups is 7. The first-order chi connectivity index (χ1) is 29.6. The summed E-state index contributed by atoms with van der Waals surface area (Å²) < 4.78 is 11.3. The second kappa shape index (κ2) is 19.7. The van der Waals surface area contributed by atoms with Crippen LogP contribution < -0.4 is 26.6 Å². The quantitative estimate of drug-likeness (QED) is 0.0573. The van der Waals surface area contributed by atoms with Crippen molar-refractivity contribution in [3.05, 3.63) is 66.8 Å². The number of hydrogen-bond donors (Lipinski definition) is 9. The van der Waals surface area contributed by atoms with Gasteiger partial charge in [-0.1, -0.05) is 18.7 Å². The number of likely N-dealkylation sites (tertiary alicyclic amines) is 1. The Hall–Kier alpha value is -6.82. The summed E-state index contributed by atoms with van der Waals surface area (Å²) in [6, 6.07) is 1.85. The number of anilines is 2. The molecule has 0 saturated carbocycles. The number of amides is 7. The van der Waals surface area contributed by atoms with E-state index in [1.807, 2.05) is 0 Å². The van der Waals surface area contributed by atoms with E-state index in [1.165, 1.54) is 31.4 Å². The van der Waals surface area contributed by atoms with Gasteiger partial charge < -0.3 is 56.4 Å². The Labute approximate surface area is 353 Å². The number of ether oxygens (including phenoxy) is 2. The van der Waals surface area contributed by atoms with E-state index in [0.29, 0.717) is 28.8 Å². The van der Waals surface area contributed by atoms with Crippen molar-refractivity contribution < 1.29 is 58.4 Å². The van der Waals surface area contributed by atoms with Crippen molar-refractivity contribution in [3.63, 3.8) is 0 Å². The van der Waals surface area contributed by atoms with E-state index < -0.39 is 96.9 Å². The summed E-state index contributed by atoms with van der Waals surface area (Å²) in [6.45, 7) is 5.92. The van der Waals surface area contributed by atoms with E-state index in [2.05, 4.69) is 53.1 Å². The lowest BCUT2D eigenvalue weighted by molar-refractivity contribution is -0.185. The maximum Gasteiger partial charge on any atom is 0.410 e. The van der Waals surface area contributed by atoms with Gasteiger partial charge >= 0.3 is 6.09 Å². The van der Waals surface area contributed by atoms with E-state index in [-0.39, 0.29) is 43.9 Å². The minimum atomic E-state index is -1.59. The van der Waals surface area contributed by atoms with Gasteiger partial charge in [-0.05, 0) is 50.0 Å². The third-order valence-electron chi connectivity index (χ3n) is 10.4. The highest BCUT2D eigenvalue weighted by atomic mass is 16.6. The third kappa shape index (κ3) is 10.4. The standard InChI is InChI=1S/C39H47N11O12/c1-19(2)28(46-25(52)12-14-50-26(53)10-11-27(50)54)37(59)44-20(3)35(57)45-22-8-6-21(7-9-22)16-61-39(60)49-13-4-5-23(49)36(58)47-29-24(15-51)62-38(32(56)31(29)55)48-34-30-33(41-17-40-30)42-18-43-34/h6-11,17-18,20,23-24,28-29,31-32,38,51,55-56H,1,4-5,12-16H2,2-3H3,(H,44,59)(H,45,57)(H,46,52)(H,47,58)(H2,40,41,42,43,48)/t20-,23+,24-,28-,29-,31+,32-,38+/m0/s1. The summed E-state index contributed by atoms with van der Waals surface area (Å²) in [5, 5.41) is 45.3. The molecule has 3 aromatic rings. The van der Waals surface area contributed by atoms with Gasteiger partial charge in [0.15, 0.2) is 17.7 Å². The summed E-state index contributed by atoms with van der Waals surface area (Å²) in [5.41, 5.74) is 1.96. The molecule has 8 atom stereocenters. The third-order valence-corrected chi connectivity index (χ3v) is 10.4. The molecule has 23 nitrogen and oxygen atoms in total. The number of aliphatic hydroxyl groups is 3. The lowest BCUT2D eigenvalue weighted by atomic mass is 9.95. The molecule has 9 N–H and O–H groups in total. The Morgan fingerprint density at radius 3 is 2.44 bits per heavy atom. The van der Waals surface area contributed by atoms with Gasteiger partial charge in [0.1, 0.15) is 54.9 Å². The summed E-state index contributed by atoms with van der Waals surface area (Å²) in [6.07, 6.45) is -0.968. The van der Waals surface area contributed by atoms with Crippen molar-refractivity contribution in [2.75, 3.05) is 30.3 Å². The zero-order valence-corrected chi connectivity index (χ0v) is 33.6. The van der Waals surface area contributed by atoms with Crippen LogP contribution in [-0.2, 0) is 44.8 Å². The van der Waals surface area contributed by atoms with Crippen LogP contribution >= 0.6 is 0 Å². The Morgan fingerprint density at radius 2 is 1.74 bits per heavy atom. The van der Waals surface area contributed by atoms with Crippen molar-refractivity contribution in [2.24, 2.45) is 0 Å². The van der Waals surface area contributed by atoms with Gasteiger partial charge in [0.2, 0.25) is 23.6 Å². The number of carbonyl (C=O) groups excluding carboxylic acids is 7. The lowest BCUT2D eigenvalue weighted by Gasteiger charge is -2.43. The first kappa shape index (κ1) is 44.7. The van der Waals surface area contributed by atoms with Crippen LogP contribution in [0.1, 0.15) is 38.7 Å². The number of aromatic nitrogens is 4. The molecule has 0 unspecified atom stereocenters. The van der Waals surface area contributed by atoms with Crippen molar-refractivity contribution in [1.29, 1.82) is 0 Å². The van der Waals surface area contributed by atoms with Crippen LogP contribution in [0.15, 0.2) is 61.2 Å². The molecule has 5 heterocycles. The van der Waals surface area contributed by atoms with E-state index in [1.54, 1.807) is 24.3 Å². The van der Waals surface area contributed by atoms with Gasteiger partial charge in [-0.25, -0.2) is 19.7 Å². The molecule has 2 saturated heterocycles. The van der Waals surface area contributed by atoms with E-state index >= 15 is 0 Å². The largest absolute Gasteiger partial charge is 0.445 e. The molecule has 3 aliphatic heterocycles. The van der Waals surface area contributed by atoms with Crippen LogP contribution in [0.4, 0.5) is 16.3 Å². The molecule has 0 aliphatic carbocycles. The molecule has 23 heteroatoms. The SMILES string of the molecule is C=C(C)[C@H](NC(=O)CCN1C(=O)C=CC1=O)C(=O)N[C@@H](C)C(=O)Nc1ccc(COC(=O)N2CCC[C@@H]2C(=O)N[C@@H]2[C@@H](O)[C@H](O)[C@H](Nc3ncnc4nc[nH]c34)O[C@H]2CO)cc1. The van der Waals surface area contributed by atoms with Crippen LogP contribution in [0.3, 0.4) is 0 Å². The predicted molar refractivity (Wildman–Crippen MR) is 215 cm³/mol. The number of aliphatic hydroxyl groups excluding tert-OH is 3. The average molecular weight is 862 g/mol. The zero-order valence-electron chi connectivity index (χ0n) is 33.6. The fraction of sp³-hybridized carbons (Fsp3) is 0.436. The number of nitrogens with zero attached hydrogens (tertiary/aromatic N) is 5. The van der Waals surface area contributed by atoms with Crippen molar-refractivity contribution in [2.45, 2.75) is 88.4 Å². The highest BCUT2D eigenvalue weighted by Crippen LogP contribution is 2.26. The summed E-state index contributed by atoms with van der Waals surface area (Å²) in [5.74, 6) is -3.39. The maximum absolute atomic E-state index is 13.5. The van der Waals surface area contributed by atoms with Crippen LogP contribution in [-0.4, -0.2) is 155 Å².